The van der Waals surface area contributed by atoms with E-state index in [1.807, 2.05) is 0 Å². The van der Waals surface area contributed by atoms with Gasteiger partial charge < -0.3 is 8.83 Å². The number of benzene rings is 11. The maximum absolute atomic E-state index is 7.20. The number of hydrogen-bond donors (Lipinski definition) is 0. The summed E-state index contributed by atoms with van der Waals surface area (Å²) in [7, 11) is 0. The van der Waals surface area contributed by atoms with Crippen LogP contribution in [0.1, 0.15) is 99.9 Å². The summed E-state index contributed by atoms with van der Waals surface area (Å²) >= 11 is 0. The van der Waals surface area contributed by atoms with E-state index in [0.717, 1.165) is 33.1 Å². The summed E-state index contributed by atoms with van der Waals surface area (Å²) in [6.07, 6.45) is 0. The number of furan rings is 2. The molecule has 0 atom stereocenters. The van der Waals surface area contributed by atoms with Crippen molar-refractivity contribution in [2.24, 2.45) is 0 Å². The van der Waals surface area contributed by atoms with E-state index in [4.69, 9.17) is 8.83 Å². The normalized spacial score (nSPS) is 16.3. The molecular formula is C74H54O2. The minimum atomic E-state index is -0.372. The molecule has 17 rings (SSSR count). The summed E-state index contributed by atoms with van der Waals surface area (Å²) in [5.41, 5.74) is 28.9. The van der Waals surface area contributed by atoms with E-state index in [9.17, 15) is 0 Å². The van der Waals surface area contributed by atoms with Crippen LogP contribution in [0.25, 0.3) is 132 Å². The van der Waals surface area contributed by atoms with Crippen LogP contribution in [0.2, 0.25) is 0 Å². The fraction of sp³-hybridized carbons (Fsp3) is 0.162. The van der Waals surface area contributed by atoms with Gasteiger partial charge in [0.15, 0.2) is 0 Å². The quantitative estimate of drug-likeness (QED) is 0.173. The van der Waals surface area contributed by atoms with Crippen LogP contribution in [-0.4, -0.2) is 0 Å². The molecule has 2 heteroatoms. The fourth-order valence-electron chi connectivity index (χ4n) is 15.7. The van der Waals surface area contributed by atoms with Crippen molar-refractivity contribution >= 4 is 65.4 Å². The van der Waals surface area contributed by atoms with Gasteiger partial charge in [-0.3, -0.25) is 0 Å². The van der Waals surface area contributed by atoms with Crippen LogP contribution in [0, 0.1) is 0 Å². The van der Waals surface area contributed by atoms with E-state index < -0.39 is 0 Å². The zero-order valence-electron chi connectivity index (χ0n) is 44.1. The van der Waals surface area contributed by atoms with Gasteiger partial charge in [0.25, 0.3) is 0 Å². The lowest BCUT2D eigenvalue weighted by Gasteiger charge is -2.31. The first-order valence-corrected chi connectivity index (χ1v) is 27.2. The Morgan fingerprint density at radius 1 is 0.276 bits per heavy atom. The molecule has 0 saturated heterocycles. The average Bonchev–Trinajstić information content (AvgIpc) is 4.39. The van der Waals surface area contributed by atoms with Gasteiger partial charge in [0, 0.05) is 54.3 Å². The molecule has 11 aromatic carbocycles. The van der Waals surface area contributed by atoms with Gasteiger partial charge in [0.1, 0.15) is 22.3 Å². The van der Waals surface area contributed by atoms with Gasteiger partial charge >= 0.3 is 0 Å². The Balaban J connectivity index is 0.875. The van der Waals surface area contributed by atoms with Crippen molar-refractivity contribution in [2.75, 3.05) is 0 Å². The van der Waals surface area contributed by atoms with Gasteiger partial charge in [0.05, 0.1) is 0 Å². The minimum Gasteiger partial charge on any atom is -0.455 e. The molecule has 0 spiro atoms. The van der Waals surface area contributed by atoms with E-state index in [1.54, 1.807) is 0 Å². The molecule has 4 aliphatic rings. The Morgan fingerprint density at radius 3 is 1.09 bits per heavy atom. The topological polar surface area (TPSA) is 26.3 Å². The molecule has 0 saturated carbocycles. The lowest BCUT2D eigenvalue weighted by Crippen LogP contribution is -2.24. The van der Waals surface area contributed by atoms with Gasteiger partial charge in [-0.15, -0.1) is 0 Å². The van der Waals surface area contributed by atoms with E-state index in [2.05, 4.69) is 237 Å². The molecule has 2 aromatic heterocycles. The van der Waals surface area contributed by atoms with Crippen LogP contribution in [0.5, 0.6) is 0 Å². The zero-order chi connectivity index (χ0) is 51.1. The molecule has 2 nitrogen and oxygen atoms in total. The third-order valence-electron chi connectivity index (χ3n) is 19.4. The molecule has 0 unspecified atom stereocenters. The predicted octanol–water partition coefficient (Wildman–Crippen LogP) is 20.4. The molecule has 0 N–H and O–H groups in total. The van der Waals surface area contributed by atoms with E-state index in [1.165, 1.54) is 144 Å². The van der Waals surface area contributed by atoms with Crippen LogP contribution in [0.15, 0.2) is 191 Å². The van der Waals surface area contributed by atoms with Crippen molar-refractivity contribution in [3.05, 3.63) is 226 Å². The zero-order valence-corrected chi connectivity index (χ0v) is 44.1. The van der Waals surface area contributed by atoms with Gasteiger partial charge in [-0.1, -0.05) is 201 Å². The first kappa shape index (κ1) is 42.8. The van der Waals surface area contributed by atoms with Crippen molar-refractivity contribution in [2.45, 2.75) is 77.0 Å². The van der Waals surface area contributed by atoms with E-state index in [0.29, 0.717) is 0 Å². The molecule has 4 aliphatic carbocycles. The van der Waals surface area contributed by atoms with Crippen LogP contribution >= 0.6 is 0 Å². The molecule has 0 radical (unpaired) electrons. The van der Waals surface area contributed by atoms with E-state index in [-0.39, 0.29) is 21.7 Å². The summed E-state index contributed by atoms with van der Waals surface area (Å²) in [6.45, 7) is 19.4. The maximum Gasteiger partial charge on any atom is 0.144 e. The molecule has 0 fully saturated rings. The van der Waals surface area contributed by atoms with Crippen LogP contribution in [0.4, 0.5) is 0 Å². The lowest BCUT2D eigenvalue weighted by molar-refractivity contribution is 0.600. The van der Waals surface area contributed by atoms with Crippen LogP contribution in [-0.2, 0) is 21.7 Å². The molecule has 0 bridgehead atoms. The molecule has 0 aliphatic heterocycles. The van der Waals surface area contributed by atoms with Gasteiger partial charge in [-0.2, -0.15) is 0 Å². The highest BCUT2D eigenvalue weighted by molar-refractivity contribution is 6.21. The number of fused-ring (bicyclic) bond motifs is 25. The standard InChI is InChI=1S/C74H54O2/c1-71(2)53-33-27-39-17-9-11-19-43(39)61(53)45-29-25-41(35-55(45)71)51-37-57-65(69-63(51)47-21-13-15-23-59(47)75-69)49-31-32-50-66-58(74(7,8)68(50)67(49)73(57,5)6)38-52(64-48-22-14-16-24-60(48)76-70(64)66)42-26-30-46-56(36-42)72(3,4)54-34-28-40-18-10-12-20-44(40)62(46)54/h9-38H,1-8H3. The van der Waals surface area contributed by atoms with Crippen molar-refractivity contribution in [3.63, 3.8) is 0 Å². The highest BCUT2D eigenvalue weighted by atomic mass is 16.3. The molecular weight excluding hydrogens is 921 g/mol. The Hall–Kier alpha value is -8.46. The second kappa shape index (κ2) is 13.9. The Bertz CT molecular complexity index is 4560. The molecule has 362 valence electrons. The number of rotatable bonds is 2. The predicted molar refractivity (Wildman–Crippen MR) is 317 cm³/mol. The summed E-state index contributed by atoms with van der Waals surface area (Å²) < 4.78 is 14.4. The summed E-state index contributed by atoms with van der Waals surface area (Å²) in [5, 5.41) is 9.87. The first-order chi connectivity index (χ1) is 36.7. The number of hydrogen-bond acceptors (Lipinski definition) is 2. The Kier molecular flexibility index (Phi) is 7.82. The van der Waals surface area contributed by atoms with Crippen LogP contribution in [0.3, 0.4) is 0 Å². The fourth-order valence-corrected chi connectivity index (χ4v) is 15.7. The Morgan fingerprint density at radius 2 is 0.658 bits per heavy atom. The summed E-state index contributed by atoms with van der Waals surface area (Å²) in [4.78, 5) is 0. The first-order valence-electron chi connectivity index (χ1n) is 27.2. The summed E-state index contributed by atoms with van der Waals surface area (Å²) in [5.74, 6) is 0. The van der Waals surface area contributed by atoms with Gasteiger partial charge in [0.2, 0.25) is 0 Å². The van der Waals surface area contributed by atoms with Crippen molar-refractivity contribution in [1.82, 2.24) is 0 Å². The smallest absolute Gasteiger partial charge is 0.144 e. The maximum atomic E-state index is 7.20. The summed E-state index contributed by atoms with van der Waals surface area (Å²) in [6, 6.07) is 68.8. The molecule has 2 heterocycles. The van der Waals surface area contributed by atoms with Gasteiger partial charge in [-0.05, 0) is 158 Å². The minimum absolute atomic E-state index is 0.168. The van der Waals surface area contributed by atoms with E-state index >= 15 is 0 Å². The monoisotopic (exact) mass is 974 g/mol. The lowest BCUT2D eigenvalue weighted by atomic mass is 9.72. The highest BCUT2D eigenvalue weighted by Crippen LogP contribution is 2.64. The highest BCUT2D eigenvalue weighted by Gasteiger charge is 2.49. The average molecular weight is 975 g/mol. The van der Waals surface area contributed by atoms with Crippen molar-refractivity contribution < 1.29 is 8.83 Å². The molecule has 13 aromatic rings. The second-order valence-electron chi connectivity index (χ2n) is 24.6. The SMILES string of the molecule is CC1(C)c2cc(-c3cc4c(c5oc6ccccc6c35)-c3ccc5c(c3C4(C)C)C(C)(C)c3cc(-c4ccc6c(c4)C(C)(C)c4ccc7ccccc7c4-6)c4c(oc6ccccc64)c3-5)ccc2-c2c1ccc1ccccc21. The van der Waals surface area contributed by atoms with Crippen molar-refractivity contribution in [1.29, 1.82) is 0 Å². The van der Waals surface area contributed by atoms with Crippen LogP contribution < -0.4 is 0 Å². The molecule has 76 heavy (non-hydrogen) atoms. The van der Waals surface area contributed by atoms with Crippen molar-refractivity contribution in [3.8, 4) is 66.8 Å². The largest absolute Gasteiger partial charge is 0.455 e. The molecule has 0 amide bonds. The number of para-hydroxylation sites is 2. The Labute approximate surface area is 442 Å². The second-order valence-corrected chi connectivity index (χ2v) is 24.6. The third-order valence-corrected chi connectivity index (χ3v) is 19.4. The van der Waals surface area contributed by atoms with Gasteiger partial charge in [-0.25, -0.2) is 0 Å². The third kappa shape index (κ3) is 5.05.